The maximum absolute atomic E-state index is 13.2. The first-order valence-electron chi connectivity index (χ1n) is 32.6. The fraction of sp³-hybridized carbons (Fsp3) is 0.923. The zero-order valence-electron chi connectivity index (χ0n) is 49.2. The van der Waals surface area contributed by atoms with Crippen molar-refractivity contribution in [2.45, 2.75) is 371 Å². The molecule has 1 aliphatic rings. The second-order valence-electron chi connectivity index (χ2n) is 23.1. The molecule has 1 fully saturated rings. The van der Waals surface area contributed by atoms with Crippen molar-refractivity contribution in [3.05, 3.63) is 24.3 Å². The zero-order chi connectivity index (χ0) is 54.5. The highest BCUT2D eigenvalue weighted by molar-refractivity contribution is 5.80. The van der Waals surface area contributed by atoms with Crippen LogP contribution in [0.15, 0.2) is 24.3 Å². The molecule has 444 valence electrons. The van der Waals surface area contributed by atoms with Gasteiger partial charge in [-0.1, -0.05) is 301 Å². The van der Waals surface area contributed by atoms with E-state index in [9.17, 15) is 35.4 Å². The predicted octanol–water partition coefficient (Wildman–Crippen LogP) is 15.9. The molecule has 8 atom stereocenters. The standard InChI is InChI=1S/C65H125NO9/c1-3-5-7-9-11-13-15-17-19-21-22-23-24-25-26-27-28-29-30-31-32-33-34-35-36-37-38-40-42-44-46-48-50-52-54-59(69)64(73)66-57(56-74-65-63(72)62(71)61(70)60(55-67)75-65)58(68)53-51-49-47-45-43-41-39-20-18-16-14-12-10-8-6-4-2/h24-25,27-28,57-63,65,67-72H,3-23,26,29-56H2,1-2H3,(H,66,73)/b25-24-,28-27-. The molecule has 0 aliphatic carbocycles. The number of amides is 1. The van der Waals surface area contributed by atoms with E-state index in [0.29, 0.717) is 12.8 Å². The van der Waals surface area contributed by atoms with Crippen LogP contribution >= 0.6 is 0 Å². The minimum Gasteiger partial charge on any atom is -0.394 e. The van der Waals surface area contributed by atoms with Crippen molar-refractivity contribution >= 4 is 5.91 Å². The maximum atomic E-state index is 13.2. The Morgan fingerprint density at radius 3 is 1.15 bits per heavy atom. The molecule has 0 spiro atoms. The van der Waals surface area contributed by atoms with E-state index >= 15 is 0 Å². The molecule has 1 saturated heterocycles. The average Bonchev–Trinajstić information content (AvgIpc) is 3.41. The minimum atomic E-state index is -1.60. The maximum Gasteiger partial charge on any atom is 0.249 e. The van der Waals surface area contributed by atoms with Gasteiger partial charge in [0.1, 0.15) is 30.5 Å². The Bertz CT molecular complexity index is 1250. The summed E-state index contributed by atoms with van der Waals surface area (Å²) in [6.07, 6.45) is 59.8. The summed E-state index contributed by atoms with van der Waals surface area (Å²) in [6.45, 7) is 3.71. The number of carbonyl (C=O) groups excluding carboxylic acids is 1. The van der Waals surface area contributed by atoms with E-state index in [1.807, 2.05) is 0 Å². The fourth-order valence-corrected chi connectivity index (χ4v) is 10.7. The van der Waals surface area contributed by atoms with Crippen LogP contribution in [0.2, 0.25) is 0 Å². The van der Waals surface area contributed by atoms with Gasteiger partial charge in [0.25, 0.3) is 0 Å². The first-order valence-corrected chi connectivity index (χ1v) is 32.6. The molecule has 0 aromatic rings. The summed E-state index contributed by atoms with van der Waals surface area (Å²) in [5.41, 5.74) is 0. The highest BCUT2D eigenvalue weighted by atomic mass is 16.7. The van der Waals surface area contributed by atoms with Crippen molar-refractivity contribution in [1.82, 2.24) is 5.32 Å². The molecule has 0 aromatic heterocycles. The van der Waals surface area contributed by atoms with Gasteiger partial charge in [0.2, 0.25) is 5.91 Å². The number of unbranched alkanes of at least 4 members (excludes halogenated alkanes) is 42. The van der Waals surface area contributed by atoms with Gasteiger partial charge < -0.3 is 45.4 Å². The quantitative estimate of drug-likeness (QED) is 0.0232. The van der Waals surface area contributed by atoms with E-state index in [4.69, 9.17) is 9.47 Å². The number of hydrogen-bond donors (Lipinski definition) is 7. The Kier molecular flexibility index (Phi) is 52.1. The van der Waals surface area contributed by atoms with Crippen LogP contribution in [0.4, 0.5) is 0 Å². The molecule has 0 aromatic carbocycles. The average molecular weight is 1060 g/mol. The molecule has 0 saturated carbocycles. The molecule has 8 unspecified atom stereocenters. The van der Waals surface area contributed by atoms with Gasteiger partial charge in [0.15, 0.2) is 6.29 Å². The molecule has 1 amide bonds. The van der Waals surface area contributed by atoms with E-state index in [0.717, 1.165) is 57.8 Å². The van der Waals surface area contributed by atoms with Gasteiger partial charge in [-0.3, -0.25) is 4.79 Å². The van der Waals surface area contributed by atoms with Crippen molar-refractivity contribution < 1.29 is 44.9 Å². The Morgan fingerprint density at radius 1 is 0.453 bits per heavy atom. The third kappa shape index (κ3) is 43.2. The number of nitrogens with one attached hydrogen (secondary N) is 1. The van der Waals surface area contributed by atoms with Gasteiger partial charge >= 0.3 is 0 Å². The van der Waals surface area contributed by atoms with Crippen LogP contribution in [0.25, 0.3) is 0 Å². The Morgan fingerprint density at radius 2 is 0.787 bits per heavy atom. The second kappa shape index (κ2) is 54.6. The van der Waals surface area contributed by atoms with Crippen LogP contribution in [0.3, 0.4) is 0 Å². The highest BCUT2D eigenvalue weighted by Crippen LogP contribution is 2.24. The van der Waals surface area contributed by atoms with Gasteiger partial charge in [0, 0.05) is 0 Å². The summed E-state index contributed by atoms with van der Waals surface area (Å²) >= 11 is 0. The van der Waals surface area contributed by atoms with Crippen LogP contribution in [-0.2, 0) is 14.3 Å². The summed E-state index contributed by atoms with van der Waals surface area (Å²) in [6, 6.07) is -0.893. The number of aliphatic hydroxyl groups is 6. The molecule has 1 rings (SSSR count). The zero-order valence-corrected chi connectivity index (χ0v) is 49.2. The van der Waals surface area contributed by atoms with Crippen LogP contribution < -0.4 is 5.32 Å². The van der Waals surface area contributed by atoms with Gasteiger partial charge in [-0.25, -0.2) is 0 Å². The smallest absolute Gasteiger partial charge is 0.249 e. The molecule has 1 aliphatic heterocycles. The number of rotatable bonds is 57. The lowest BCUT2D eigenvalue weighted by Gasteiger charge is -2.40. The Balaban J connectivity index is 2.12. The minimum absolute atomic E-state index is 0.252. The van der Waals surface area contributed by atoms with Crippen LogP contribution in [0, 0.1) is 0 Å². The summed E-state index contributed by atoms with van der Waals surface area (Å²) in [5.74, 6) is -0.578. The topological polar surface area (TPSA) is 169 Å². The first-order chi connectivity index (χ1) is 36.8. The van der Waals surface area contributed by atoms with E-state index in [2.05, 4.69) is 43.5 Å². The number of carbonyl (C=O) groups is 1. The van der Waals surface area contributed by atoms with Crippen molar-refractivity contribution in [3.63, 3.8) is 0 Å². The van der Waals surface area contributed by atoms with E-state index in [1.54, 1.807) is 0 Å². The summed E-state index contributed by atoms with van der Waals surface area (Å²) in [5, 5.41) is 65.3. The lowest BCUT2D eigenvalue weighted by Crippen LogP contribution is -2.60. The summed E-state index contributed by atoms with van der Waals surface area (Å²) in [7, 11) is 0. The SMILES string of the molecule is CCCCCCCCCCCCC/C=C\C/C=C\CCCCCCCCCCCCCCCCCCC(O)C(=O)NC(COC1OC(CO)C(O)C(O)C1O)C(O)CCCCCCCCCCCCCCCCCC. The lowest BCUT2D eigenvalue weighted by atomic mass is 9.99. The molecular formula is C65H125NO9. The van der Waals surface area contributed by atoms with Crippen LogP contribution in [0.1, 0.15) is 322 Å². The van der Waals surface area contributed by atoms with Crippen molar-refractivity contribution in [2.24, 2.45) is 0 Å². The van der Waals surface area contributed by atoms with E-state index in [-0.39, 0.29) is 6.61 Å². The molecule has 10 heteroatoms. The van der Waals surface area contributed by atoms with Crippen molar-refractivity contribution in [1.29, 1.82) is 0 Å². The Hall–Kier alpha value is -1.37. The molecule has 0 radical (unpaired) electrons. The molecular weight excluding hydrogens is 939 g/mol. The molecule has 75 heavy (non-hydrogen) atoms. The third-order valence-electron chi connectivity index (χ3n) is 15.9. The van der Waals surface area contributed by atoms with Gasteiger partial charge in [-0.2, -0.15) is 0 Å². The second-order valence-corrected chi connectivity index (χ2v) is 23.1. The lowest BCUT2D eigenvalue weighted by molar-refractivity contribution is -0.302. The van der Waals surface area contributed by atoms with Crippen molar-refractivity contribution in [3.8, 4) is 0 Å². The summed E-state index contributed by atoms with van der Waals surface area (Å²) in [4.78, 5) is 13.2. The number of allylic oxidation sites excluding steroid dienone is 4. The van der Waals surface area contributed by atoms with Crippen molar-refractivity contribution in [2.75, 3.05) is 13.2 Å². The van der Waals surface area contributed by atoms with E-state index < -0.39 is 61.5 Å². The molecule has 1 heterocycles. The fourth-order valence-electron chi connectivity index (χ4n) is 10.7. The number of aliphatic hydroxyl groups excluding tert-OH is 6. The monoisotopic (exact) mass is 1060 g/mol. The van der Waals surface area contributed by atoms with Gasteiger partial charge in [-0.15, -0.1) is 0 Å². The molecule has 7 N–H and O–H groups in total. The first kappa shape index (κ1) is 71.6. The normalized spacial score (nSPS) is 19.4. The predicted molar refractivity (Wildman–Crippen MR) is 315 cm³/mol. The van der Waals surface area contributed by atoms with E-state index in [1.165, 1.54) is 238 Å². The van der Waals surface area contributed by atoms with Crippen LogP contribution in [0.5, 0.6) is 0 Å². The van der Waals surface area contributed by atoms with Gasteiger partial charge in [-0.05, 0) is 44.9 Å². The molecule has 0 bridgehead atoms. The largest absolute Gasteiger partial charge is 0.394 e. The number of ether oxygens (including phenoxy) is 2. The third-order valence-corrected chi connectivity index (χ3v) is 15.9. The van der Waals surface area contributed by atoms with Crippen LogP contribution in [-0.4, -0.2) is 98.7 Å². The highest BCUT2D eigenvalue weighted by Gasteiger charge is 2.44. The Labute approximate surface area is 462 Å². The number of hydrogen-bond acceptors (Lipinski definition) is 9. The van der Waals surface area contributed by atoms with Gasteiger partial charge in [0.05, 0.1) is 25.4 Å². The summed E-state index contributed by atoms with van der Waals surface area (Å²) < 4.78 is 11.3. The molecule has 10 nitrogen and oxygen atoms in total.